The second kappa shape index (κ2) is 9.90. The molecule has 0 bridgehead atoms. The Morgan fingerprint density at radius 3 is 2.70 bits per heavy atom. The minimum Gasteiger partial charge on any atom is -0.465 e. The summed E-state index contributed by atoms with van der Waals surface area (Å²) in [6.07, 6.45) is 2.58. The second-order valence-corrected chi connectivity index (χ2v) is 12.4. The fourth-order valence-electron chi connectivity index (χ4n) is 6.99. The molecular weight excluding hydrogens is 575 g/mol. The Bertz CT molecular complexity index is 1750. The number of ether oxygens (including phenoxy) is 4. The van der Waals surface area contributed by atoms with Crippen molar-refractivity contribution in [1.29, 1.82) is 0 Å². The number of likely N-dealkylation sites (tertiary alicyclic amines) is 1. The van der Waals surface area contributed by atoms with Gasteiger partial charge in [0.2, 0.25) is 0 Å². The summed E-state index contributed by atoms with van der Waals surface area (Å²) in [4.78, 5) is 23.7. The van der Waals surface area contributed by atoms with E-state index in [9.17, 15) is 4.79 Å². The predicted octanol–water partition coefficient (Wildman–Crippen LogP) is 5.29. The van der Waals surface area contributed by atoms with Gasteiger partial charge in [0.15, 0.2) is 17.3 Å². The summed E-state index contributed by atoms with van der Waals surface area (Å²) >= 11 is 6.04. The number of hydrogen-bond donors (Lipinski definition) is 0. The summed E-state index contributed by atoms with van der Waals surface area (Å²) in [5, 5.41) is 0.557. The largest absolute Gasteiger partial charge is 0.465 e. The molecular formula is C32H30ClFN4O5. The van der Waals surface area contributed by atoms with Gasteiger partial charge in [0, 0.05) is 38.4 Å². The van der Waals surface area contributed by atoms with Gasteiger partial charge in [-0.1, -0.05) is 23.7 Å². The Balaban J connectivity index is 1.01. The van der Waals surface area contributed by atoms with Crippen molar-refractivity contribution in [2.75, 3.05) is 26.8 Å². The first-order valence-electron chi connectivity index (χ1n) is 14.5. The molecule has 4 aliphatic rings. The zero-order valence-corrected chi connectivity index (χ0v) is 24.5. The van der Waals surface area contributed by atoms with Crippen LogP contribution in [-0.2, 0) is 28.4 Å². The normalized spacial score (nSPS) is 27.3. The van der Waals surface area contributed by atoms with Crippen molar-refractivity contribution in [3.63, 3.8) is 0 Å². The van der Waals surface area contributed by atoms with Crippen LogP contribution in [0.15, 0.2) is 48.7 Å². The lowest BCUT2D eigenvalue weighted by atomic mass is 10.0. The Labute approximate surface area is 252 Å². The van der Waals surface area contributed by atoms with Crippen LogP contribution in [-0.4, -0.2) is 58.3 Å². The van der Waals surface area contributed by atoms with Gasteiger partial charge in [0.05, 0.1) is 42.4 Å². The van der Waals surface area contributed by atoms with Crippen molar-refractivity contribution in [3.05, 3.63) is 82.1 Å². The summed E-state index contributed by atoms with van der Waals surface area (Å²) in [5.74, 6) is 1.48. The van der Waals surface area contributed by atoms with Crippen LogP contribution < -0.4 is 9.47 Å². The molecule has 222 valence electrons. The van der Waals surface area contributed by atoms with Gasteiger partial charge in [-0.05, 0) is 54.5 Å². The standard InChI is InChI=1S/C32H30ClFN4O5/c1-32(26-7-6-18(33)12-35-26)42-25-5-3-4-20(30(25)43-32)28-21-14-37(15-22(21)28)16-27-36-29-23(34)10-17(31(39)40-2)11-24(29)38(27)13-19-8-9-41-19/h3-7,10-12,19,21-22,28H,8-9,13-16H2,1-2H3/t19-,21-,22+,28+,32?/m0/s1. The molecule has 1 unspecified atom stereocenters. The van der Waals surface area contributed by atoms with Gasteiger partial charge in [-0.15, -0.1) is 0 Å². The molecule has 2 aromatic carbocycles. The van der Waals surface area contributed by atoms with Crippen LogP contribution in [0, 0.1) is 17.7 Å². The topological polar surface area (TPSA) is 87.9 Å². The first-order valence-corrected chi connectivity index (χ1v) is 14.9. The van der Waals surface area contributed by atoms with Gasteiger partial charge >= 0.3 is 5.97 Å². The molecule has 2 aromatic heterocycles. The van der Waals surface area contributed by atoms with Crippen molar-refractivity contribution in [3.8, 4) is 11.5 Å². The highest BCUT2D eigenvalue weighted by Gasteiger charge is 2.58. The highest BCUT2D eigenvalue weighted by atomic mass is 35.5. The maximum absolute atomic E-state index is 15.1. The maximum atomic E-state index is 15.1. The van der Waals surface area contributed by atoms with Crippen LogP contribution in [0.1, 0.15) is 46.7 Å². The lowest BCUT2D eigenvalue weighted by Crippen LogP contribution is -2.33. The van der Waals surface area contributed by atoms with Crippen molar-refractivity contribution < 1.29 is 28.1 Å². The fraction of sp³-hybridized carbons (Fsp3) is 0.406. The van der Waals surface area contributed by atoms with Crippen molar-refractivity contribution in [2.24, 2.45) is 11.8 Å². The molecule has 11 heteroatoms. The summed E-state index contributed by atoms with van der Waals surface area (Å²) in [6, 6.07) is 12.6. The highest BCUT2D eigenvalue weighted by Crippen LogP contribution is 2.62. The van der Waals surface area contributed by atoms with Gasteiger partial charge in [-0.25, -0.2) is 14.2 Å². The second-order valence-electron chi connectivity index (χ2n) is 12.0. The number of imidazole rings is 1. The number of para-hydroxylation sites is 1. The molecule has 43 heavy (non-hydrogen) atoms. The Hall–Kier alpha value is -3.73. The summed E-state index contributed by atoms with van der Waals surface area (Å²) in [5.41, 5.74) is 2.84. The number of fused-ring (bicyclic) bond motifs is 3. The van der Waals surface area contributed by atoms with Crippen LogP contribution in [0.2, 0.25) is 5.02 Å². The van der Waals surface area contributed by atoms with E-state index in [0.29, 0.717) is 47.1 Å². The summed E-state index contributed by atoms with van der Waals surface area (Å²) in [7, 11) is 1.29. The number of nitrogens with zero attached hydrogens (tertiary/aromatic N) is 4. The number of rotatable bonds is 7. The molecule has 2 saturated heterocycles. The molecule has 3 fully saturated rings. The molecule has 1 aliphatic carbocycles. The number of halogens is 2. The van der Waals surface area contributed by atoms with Crippen LogP contribution >= 0.6 is 11.6 Å². The quantitative estimate of drug-likeness (QED) is 0.263. The molecule has 0 amide bonds. The highest BCUT2D eigenvalue weighted by molar-refractivity contribution is 6.30. The molecule has 0 spiro atoms. The van der Waals surface area contributed by atoms with E-state index in [-0.39, 0.29) is 17.2 Å². The molecule has 0 N–H and O–H groups in total. The van der Waals surface area contributed by atoms with Crippen LogP contribution in [0.5, 0.6) is 11.5 Å². The third-order valence-electron chi connectivity index (χ3n) is 9.28. The summed E-state index contributed by atoms with van der Waals surface area (Å²) < 4.78 is 40.4. The SMILES string of the molecule is COC(=O)c1cc(F)c2nc(CN3C[C@@H]4[C@H](C3)[C@H]4c3cccc4c3OC(C)(c3ccc(Cl)cn3)O4)n(C[C@@H]3CCO3)c2c1. The average molecular weight is 605 g/mol. The number of aromatic nitrogens is 3. The van der Waals surface area contributed by atoms with E-state index in [0.717, 1.165) is 49.0 Å². The van der Waals surface area contributed by atoms with Gasteiger partial charge in [0.1, 0.15) is 17.0 Å². The third kappa shape index (κ3) is 4.46. The molecule has 3 aliphatic heterocycles. The van der Waals surface area contributed by atoms with Gasteiger partial charge < -0.3 is 23.5 Å². The fourth-order valence-corrected chi connectivity index (χ4v) is 7.10. The van der Waals surface area contributed by atoms with Gasteiger partial charge in [-0.3, -0.25) is 9.88 Å². The van der Waals surface area contributed by atoms with E-state index in [2.05, 4.69) is 16.0 Å². The zero-order chi connectivity index (χ0) is 29.5. The molecule has 4 aromatic rings. The molecule has 1 saturated carbocycles. The number of benzene rings is 2. The minimum absolute atomic E-state index is 0.0495. The molecule has 8 rings (SSSR count). The Kier molecular flexibility index (Phi) is 6.19. The molecule has 9 nitrogen and oxygen atoms in total. The van der Waals surface area contributed by atoms with Crippen molar-refractivity contribution in [2.45, 2.75) is 44.2 Å². The van der Waals surface area contributed by atoms with Crippen LogP contribution in [0.4, 0.5) is 4.39 Å². The van der Waals surface area contributed by atoms with Crippen molar-refractivity contribution in [1.82, 2.24) is 19.4 Å². The van der Waals surface area contributed by atoms with Gasteiger partial charge in [0.25, 0.3) is 5.79 Å². The van der Waals surface area contributed by atoms with E-state index in [1.165, 1.54) is 13.2 Å². The number of esters is 1. The number of carbonyl (C=O) groups excluding carboxylic acids is 1. The lowest BCUT2D eigenvalue weighted by molar-refractivity contribution is -0.0721. The van der Waals surface area contributed by atoms with E-state index in [1.807, 2.05) is 29.7 Å². The average Bonchev–Trinajstić information content (AvgIpc) is 3.26. The smallest absolute Gasteiger partial charge is 0.338 e. The maximum Gasteiger partial charge on any atom is 0.338 e. The monoisotopic (exact) mass is 604 g/mol. The Morgan fingerprint density at radius 2 is 2.00 bits per heavy atom. The first-order chi connectivity index (χ1) is 20.8. The van der Waals surface area contributed by atoms with Crippen LogP contribution in [0.25, 0.3) is 11.0 Å². The number of pyridine rings is 1. The van der Waals surface area contributed by atoms with E-state index in [4.69, 9.17) is 35.5 Å². The lowest BCUT2D eigenvalue weighted by Gasteiger charge is -2.28. The molecule has 5 atom stereocenters. The molecule has 0 radical (unpaired) electrons. The third-order valence-corrected chi connectivity index (χ3v) is 9.51. The van der Waals surface area contributed by atoms with Gasteiger partial charge in [-0.2, -0.15) is 0 Å². The first kappa shape index (κ1) is 26.9. The number of methoxy groups -OCH3 is 1. The van der Waals surface area contributed by atoms with Crippen molar-refractivity contribution >= 4 is 28.6 Å². The van der Waals surface area contributed by atoms with E-state index in [1.54, 1.807) is 18.3 Å². The van der Waals surface area contributed by atoms with E-state index < -0.39 is 17.6 Å². The number of piperidine rings is 1. The van der Waals surface area contributed by atoms with Crippen LogP contribution in [0.3, 0.4) is 0 Å². The molecule has 5 heterocycles. The number of carbonyl (C=O) groups is 1. The predicted molar refractivity (Wildman–Crippen MR) is 155 cm³/mol. The minimum atomic E-state index is -1.02. The number of hydrogen-bond acceptors (Lipinski definition) is 8. The van der Waals surface area contributed by atoms with E-state index >= 15 is 4.39 Å². The zero-order valence-electron chi connectivity index (χ0n) is 23.8. The summed E-state index contributed by atoms with van der Waals surface area (Å²) in [6.45, 7) is 5.54. The Morgan fingerprint density at radius 1 is 1.19 bits per heavy atom.